The van der Waals surface area contributed by atoms with Gasteiger partial charge in [0.15, 0.2) is 0 Å². The zero-order chi connectivity index (χ0) is 18.5. The molecule has 2 aliphatic rings. The first-order chi connectivity index (χ1) is 12.5. The average molecular weight is 362 g/mol. The summed E-state index contributed by atoms with van der Waals surface area (Å²) < 4.78 is 2.27. The van der Waals surface area contributed by atoms with Gasteiger partial charge in [-0.2, -0.15) is 0 Å². The molecule has 6 nitrogen and oxygen atoms in total. The Labute approximate surface area is 158 Å². The van der Waals surface area contributed by atoms with Crippen molar-refractivity contribution in [2.24, 2.45) is 0 Å². The van der Waals surface area contributed by atoms with Gasteiger partial charge in [-0.1, -0.05) is 12.8 Å². The molecule has 1 unspecified atom stereocenters. The predicted molar refractivity (Wildman–Crippen MR) is 104 cm³/mol. The first-order valence-electron chi connectivity index (χ1n) is 10.2. The van der Waals surface area contributed by atoms with Gasteiger partial charge in [0.25, 0.3) is 0 Å². The molecule has 1 saturated heterocycles. The number of likely N-dealkylation sites (N-methyl/N-ethyl adjacent to an activating group) is 2. The third-order valence-electron chi connectivity index (χ3n) is 6.01. The van der Waals surface area contributed by atoms with E-state index in [1.165, 1.54) is 25.7 Å². The summed E-state index contributed by atoms with van der Waals surface area (Å²) in [6.07, 6.45) is 11.3. The standard InChI is InChI=1S/C20H35N5O/c1-22(2)13-14-24-12-10-21-20(24)17-7-6-11-25(15-17)19(26)16-23(3)18-8-4-5-9-18/h10,12,17-18H,4-9,11,13-16H2,1-3H3. The fourth-order valence-corrected chi connectivity index (χ4v) is 4.38. The summed E-state index contributed by atoms with van der Waals surface area (Å²) in [6.45, 7) is 4.23. The molecule has 146 valence electrons. The van der Waals surface area contributed by atoms with Crippen LogP contribution in [0.25, 0.3) is 0 Å². The molecule has 0 bridgehead atoms. The number of carbonyl (C=O) groups is 1. The number of likely N-dealkylation sites (tertiary alicyclic amines) is 1. The molecule has 6 heteroatoms. The number of rotatable bonds is 7. The molecule has 0 aromatic carbocycles. The van der Waals surface area contributed by atoms with Crippen molar-refractivity contribution in [1.29, 1.82) is 0 Å². The Morgan fingerprint density at radius 3 is 2.69 bits per heavy atom. The minimum absolute atomic E-state index is 0.287. The van der Waals surface area contributed by atoms with E-state index in [0.717, 1.165) is 44.8 Å². The largest absolute Gasteiger partial charge is 0.341 e. The molecule has 0 spiro atoms. The lowest BCUT2D eigenvalue weighted by molar-refractivity contribution is -0.133. The van der Waals surface area contributed by atoms with E-state index >= 15 is 0 Å². The van der Waals surface area contributed by atoms with Crippen LogP contribution in [0.15, 0.2) is 12.4 Å². The van der Waals surface area contributed by atoms with Crippen LogP contribution in [-0.2, 0) is 11.3 Å². The van der Waals surface area contributed by atoms with Gasteiger partial charge in [0.2, 0.25) is 5.91 Å². The molecule has 1 aliphatic heterocycles. The van der Waals surface area contributed by atoms with Crippen LogP contribution in [0.4, 0.5) is 0 Å². The molecule has 1 saturated carbocycles. The van der Waals surface area contributed by atoms with Crippen molar-refractivity contribution in [2.75, 3.05) is 47.3 Å². The Morgan fingerprint density at radius 2 is 1.96 bits per heavy atom. The van der Waals surface area contributed by atoms with Gasteiger partial charge in [-0.05, 0) is 46.8 Å². The van der Waals surface area contributed by atoms with E-state index < -0.39 is 0 Å². The highest BCUT2D eigenvalue weighted by Gasteiger charge is 2.29. The van der Waals surface area contributed by atoms with Crippen LogP contribution >= 0.6 is 0 Å². The Balaban J connectivity index is 1.57. The van der Waals surface area contributed by atoms with Gasteiger partial charge in [0.05, 0.1) is 6.54 Å². The molecule has 26 heavy (non-hydrogen) atoms. The third kappa shape index (κ3) is 4.86. The fraction of sp³-hybridized carbons (Fsp3) is 0.800. The highest BCUT2D eigenvalue weighted by atomic mass is 16.2. The maximum atomic E-state index is 12.8. The minimum atomic E-state index is 0.287. The summed E-state index contributed by atoms with van der Waals surface area (Å²) in [5.41, 5.74) is 0. The van der Waals surface area contributed by atoms with Gasteiger partial charge in [-0.3, -0.25) is 9.69 Å². The second-order valence-electron chi connectivity index (χ2n) is 8.31. The Kier molecular flexibility index (Phi) is 6.70. The van der Waals surface area contributed by atoms with Crippen molar-refractivity contribution in [3.05, 3.63) is 18.2 Å². The van der Waals surface area contributed by atoms with E-state index in [9.17, 15) is 4.79 Å². The molecule has 2 fully saturated rings. The van der Waals surface area contributed by atoms with E-state index in [1.807, 2.05) is 6.20 Å². The second-order valence-corrected chi connectivity index (χ2v) is 8.31. The van der Waals surface area contributed by atoms with Gasteiger partial charge in [0, 0.05) is 50.5 Å². The maximum absolute atomic E-state index is 12.8. The molecule has 0 radical (unpaired) electrons. The van der Waals surface area contributed by atoms with Crippen LogP contribution in [0.2, 0.25) is 0 Å². The zero-order valence-electron chi connectivity index (χ0n) is 16.7. The van der Waals surface area contributed by atoms with Crippen molar-refractivity contribution >= 4 is 5.91 Å². The number of imidazole rings is 1. The highest BCUT2D eigenvalue weighted by Crippen LogP contribution is 2.27. The van der Waals surface area contributed by atoms with Crippen molar-refractivity contribution in [2.45, 2.75) is 57.0 Å². The van der Waals surface area contributed by atoms with Crippen LogP contribution < -0.4 is 0 Å². The van der Waals surface area contributed by atoms with Crippen LogP contribution in [0.1, 0.15) is 50.3 Å². The minimum Gasteiger partial charge on any atom is -0.341 e. The Morgan fingerprint density at radius 1 is 1.19 bits per heavy atom. The predicted octanol–water partition coefficient (Wildman–Crippen LogP) is 2.03. The summed E-state index contributed by atoms with van der Waals surface area (Å²) in [4.78, 5) is 24.0. The van der Waals surface area contributed by atoms with E-state index in [2.05, 4.69) is 51.6 Å². The summed E-state index contributed by atoms with van der Waals surface area (Å²) in [7, 11) is 6.31. The number of carbonyl (C=O) groups excluding carboxylic acids is 1. The lowest BCUT2D eigenvalue weighted by Gasteiger charge is -2.34. The number of amides is 1. The van der Waals surface area contributed by atoms with Crippen LogP contribution in [0.5, 0.6) is 0 Å². The van der Waals surface area contributed by atoms with Crippen molar-refractivity contribution in [1.82, 2.24) is 24.3 Å². The molecule has 1 atom stereocenters. The number of nitrogens with zero attached hydrogens (tertiary/aromatic N) is 5. The van der Waals surface area contributed by atoms with Crippen LogP contribution in [0, 0.1) is 0 Å². The molecule has 1 aromatic rings. The summed E-state index contributed by atoms with van der Waals surface area (Å²) >= 11 is 0. The van der Waals surface area contributed by atoms with E-state index in [-0.39, 0.29) is 5.91 Å². The molecular weight excluding hydrogens is 326 g/mol. The number of hydrogen-bond acceptors (Lipinski definition) is 4. The summed E-state index contributed by atoms with van der Waals surface area (Å²) in [6, 6.07) is 0.601. The smallest absolute Gasteiger partial charge is 0.236 e. The molecular formula is C20H35N5O. The second kappa shape index (κ2) is 9.00. The zero-order valence-corrected chi connectivity index (χ0v) is 16.7. The average Bonchev–Trinajstić information content (AvgIpc) is 3.31. The SMILES string of the molecule is CN(C)CCn1ccnc1C1CCCN(C(=O)CN(C)C2CCCC2)C1. The topological polar surface area (TPSA) is 44.6 Å². The number of piperidine rings is 1. The molecule has 0 N–H and O–H groups in total. The molecule has 1 aliphatic carbocycles. The lowest BCUT2D eigenvalue weighted by atomic mass is 9.97. The van der Waals surface area contributed by atoms with Crippen LogP contribution in [-0.4, -0.2) is 83.5 Å². The highest BCUT2D eigenvalue weighted by molar-refractivity contribution is 5.78. The normalized spacial score (nSPS) is 21.9. The van der Waals surface area contributed by atoms with E-state index in [1.54, 1.807) is 0 Å². The van der Waals surface area contributed by atoms with E-state index in [4.69, 9.17) is 0 Å². The summed E-state index contributed by atoms with van der Waals surface area (Å²) in [5, 5.41) is 0. The Bertz CT molecular complexity index is 579. The molecule has 1 aromatic heterocycles. The van der Waals surface area contributed by atoms with Gasteiger partial charge in [0.1, 0.15) is 5.82 Å². The molecule has 3 rings (SSSR count). The fourth-order valence-electron chi connectivity index (χ4n) is 4.38. The summed E-state index contributed by atoms with van der Waals surface area (Å²) in [5.74, 6) is 1.80. The monoisotopic (exact) mass is 361 g/mol. The third-order valence-corrected chi connectivity index (χ3v) is 6.01. The van der Waals surface area contributed by atoms with E-state index in [0.29, 0.717) is 18.5 Å². The van der Waals surface area contributed by atoms with Crippen molar-refractivity contribution in [3.63, 3.8) is 0 Å². The van der Waals surface area contributed by atoms with Crippen molar-refractivity contribution < 1.29 is 4.79 Å². The van der Waals surface area contributed by atoms with Crippen molar-refractivity contribution in [3.8, 4) is 0 Å². The van der Waals surface area contributed by atoms with Gasteiger partial charge >= 0.3 is 0 Å². The lowest BCUT2D eigenvalue weighted by Crippen LogP contribution is -2.46. The maximum Gasteiger partial charge on any atom is 0.236 e. The number of aromatic nitrogens is 2. The van der Waals surface area contributed by atoms with Gasteiger partial charge in [-0.15, -0.1) is 0 Å². The Hall–Kier alpha value is -1.40. The van der Waals surface area contributed by atoms with Crippen LogP contribution in [0.3, 0.4) is 0 Å². The first kappa shape index (κ1) is 19.4. The van der Waals surface area contributed by atoms with Gasteiger partial charge < -0.3 is 14.4 Å². The van der Waals surface area contributed by atoms with Gasteiger partial charge in [-0.25, -0.2) is 4.98 Å². The first-order valence-corrected chi connectivity index (χ1v) is 10.2. The number of hydrogen-bond donors (Lipinski definition) is 0. The molecule has 1 amide bonds. The quantitative estimate of drug-likeness (QED) is 0.745. The molecule has 2 heterocycles.